The molecular formula is C16H21NO4. The van der Waals surface area contributed by atoms with E-state index in [1.165, 1.54) is 0 Å². The molecule has 1 saturated heterocycles. The Hall–Kier alpha value is -2.04. The lowest BCUT2D eigenvalue weighted by atomic mass is 9.97. The molecule has 1 heterocycles. The Morgan fingerprint density at radius 1 is 1.43 bits per heavy atom. The van der Waals surface area contributed by atoms with Gasteiger partial charge >= 0.3 is 5.97 Å². The largest absolute Gasteiger partial charge is 0.496 e. The smallest absolute Gasteiger partial charge is 0.308 e. The molecule has 1 aromatic carbocycles. The molecule has 0 spiro atoms. The monoisotopic (exact) mass is 291 g/mol. The summed E-state index contributed by atoms with van der Waals surface area (Å²) in [6.07, 6.45) is 1.64. The van der Waals surface area contributed by atoms with Crippen LogP contribution in [0.2, 0.25) is 0 Å². The van der Waals surface area contributed by atoms with Crippen LogP contribution in [0, 0.1) is 12.8 Å². The Morgan fingerprint density at radius 3 is 2.86 bits per heavy atom. The normalized spacial score (nSPS) is 18.4. The number of methoxy groups -OCH3 is 1. The van der Waals surface area contributed by atoms with Gasteiger partial charge in [0.1, 0.15) is 5.75 Å². The molecule has 0 aromatic heterocycles. The first kappa shape index (κ1) is 15.4. The second-order valence-electron chi connectivity index (χ2n) is 5.51. The van der Waals surface area contributed by atoms with Gasteiger partial charge in [0.25, 0.3) is 0 Å². The Balaban J connectivity index is 2.07. The summed E-state index contributed by atoms with van der Waals surface area (Å²) in [5, 5.41) is 9.09. The number of carboxylic acid groups (broad SMARTS) is 1. The van der Waals surface area contributed by atoms with Gasteiger partial charge in [0, 0.05) is 18.7 Å². The minimum absolute atomic E-state index is 0.0372. The van der Waals surface area contributed by atoms with Gasteiger partial charge < -0.3 is 14.7 Å². The standard InChI is InChI=1S/C16H21NO4/c1-11-5-6-14(21-2)13(8-11)9-15(18)17-7-3-4-12(10-17)16(19)20/h5-6,8,12H,3-4,7,9-10H2,1-2H3,(H,19,20)/t12-/m0/s1. The van der Waals surface area contributed by atoms with Crippen LogP contribution < -0.4 is 4.74 Å². The highest BCUT2D eigenvalue weighted by molar-refractivity contribution is 5.80. The van der Waals surface area contributed by atoms with E-state index in [9.17, 15) is 9.59 Å². The van der Waals surface area contributed by atoms with E-state index in [0.717, 1.165) is 17.5 Å². The number of hydrogen-bond acceptors (Lipinski definition) is 3. The average Bonchev–Trinajstić information content (AvgIpc) is 2.47. The van der Waals surface area contributed by atoms with Crippen molar-refractivity contribution in [3.63, 3.8) is 0 Å². The zero-order valence-electron chi connectivity index (χ0n) is 12.5. The lowest BCUT2D eigenvalue weighted by molar-refractivity contribution is -0.145. The number of ether oxygens (including phenoxy) is 1. The van der Waals surface area contributed by atoms with Crippen LogP contribution in [0.4, 0.5) is 0 Å². The van der Waals surface area contributed by atoms with Gasteiger partial charge in [0.2, 0.25) is 5.91 Å². The molecule has 0 unspecified atom stereocenters. The van der Waals surface area contributed by atoms with Crippen LogP contribution in [0.1, 0.15) is 24.0 Å². The van der Waals surface area contributed by atoms with E-state index in [-0.39, 0.29) is 12.3 Å². The lowest BCUT2D eigenvalue weighted by Crippen LogP contribution is -2.43. The molecule has 1 amide bonds. The molecule has 114 valence electrons. The van der Waals surface area contributed by atoms with Crippen molar-refractivity contribution in [2.24, 2.45) is 5.92 Å². The van der Waals surface area contributed by atoms with E-state index in [2.05, 4.69) is 0 Å². The highest BCUT2D eigenvalue weighted by Gasteiger charge is 2.28. The van der Waals surface area contributed by atoms with Crippen LogP contribution in [0.15, 0.2) is 18.2 Å². The topological polar surface area (TPSA) is 66.8 Å². The first-order valence-electron chi connectivity index (χ1n) is 7.15. The van der Waals surface area contributed by atoms with E-state index in [0.29, 0.717) is 25.3 Å². The van der Waals surface area contributed by atoms with Crippen molar-refractivity contribution in [1.29, 1.82) is 0 Å². The van der Waals surface area contributed by atoms with Gasteiger partial charge in [-0.25, -0.2) is 0 Å². The second-order valence-corrected chi connectivity index (χ2v) is 5.51. The SMILES string of the molecule is COc1ccc(C)cc1CC(=O)N1CCC[C@H](C(=O)O)C1. The number of aliphatic carboxylic acids is 1. The summed E-state index contributed by atoms with van der Waals surface area (Å²) >= 11 is 0. The molecule has 0 radical (unpaired) electrons. The van der Waals surface area contributed by atoms with Gasteiger partial charge in [-0.1, -0.05) is 17.7 Å². The average molecular weight is 291 g/mol. The summed E-state index contributed by atoms with van der Waals surface area (Å²) < 4.78 is 5.28. The number of rotatable bonds is 4. The molecule has 5 heteroatoms. The summed E-state index contributed by atoms with van der Waals surface area (Å²) in [5.74, 6) is -0.603. The van der Waals surface area contributed by atoms with Crippen molar-refractivity contribution in [2.75, 3.05) is 20.2 Å². The third-order valence-corrected chi connectivity index (χ3v) is 3.90. The summed E-state index contributed by atoms with van der Waals surface area (Å²) in [6.45, 7) is 2.91. The predicted octanol–water partition coefficient (Wildman–Crippen LogP) is 1.87. The predicted molar refractivity (Wildman–Crippen MR) is 78.4 cm³/mol. The number of benzene rings is 1. The first-order valence-corrected chi connectivity index (χ1v) is 7.15. The number of hydrogen-bond donors (Lipinski definition) is 1. The molecule has 5 nitrogen and oxygen atoms in total. The number of piperidine rings is 1. The zero-order valence-corrected chi connectivity index (χ0v) is 12.5. The van der Waals surface area contributed by atoms with E-state index in [4.69, 9.17) is 9.84 Å². The minimum Gasteiger partial charge on any atom is -0.496 e. The highest BCUT2D eigenvalue weighted by Crippen LogP contribution is 2.22. The molecule has 1 aromatic rings. The number of carbonyl (C=O) groups excluding carboxylic acids is 1. The molecule has 1 aliphatic heterocycles. The van der Waals surface area contributed by atoms with Crippen molar-refractivity contribution in [1.82, 2.24) is 4.90 Å². The molecule has 1 N–H and O–H groups in total. The van der Waals surface area contributed by atoms with Crippen molar-refractivity contribution in [2.45, 2.75) is 26.2 Å². The highest BCUT2D eigenvalue weighted by atomic mass is 16.5. The molecule has 2 rings (SSSR count). The van der Waals surface area contributed by atoms with E-state index in [1.54, 1.807) is 12.0 Å². The van der Waals surface area contributed by atoms with Crippen molar-refractivity contribution < 1.29 is 19.4 Å². The molecule has 1 aliphatic rings. The van der Waals surface area contributed by atoms with Gasteiger partial charge in [-0.3, -0.25) is 9.59 Å². The van der Waals surface area contributed by atoms with E-state index in [1.807, 2.05) is 25.1 Å². The maximum atomic E-state index is 12.4. The Bertz CT molecular complexity index is 541. The van der Waals surface area contributed by atoms with Gasteiger partial charge in [-0.15, -0.1) is 0 Å². The number of nitrogens with zero attached hydrogens (tertiary/aromatic N) is 1. The van der Waals surface area contributed by atoms with Crippen LogP contribution in [-0.2, 0) is 16.0 Å². The number of likely N-dealkylation sites (tertiary alicyclic amines) is 1. The fraction of sp³-hybridized carbons (Fsp3) is 0.500. The van der Waals surface area contributed by atoms with Crippen LogP contribution in [0.3, 0.4) is 0 Å². The number of amides is 1. The number of carboxylic acids is 1. The first-order chi connectivity index (χ1) is 10.0. The quantitative estimate of drug-likeness (QED) is 0.919. The molecule has 1 atom stereocenters. The fourth-order valence-electron chi connectivity index (χ4n) is 2.73. The molecule has 0 bridgehead atoms. The Morgan fingerprint density at radius 2 is 2.19 bits per heavy atom. The summed E-state index contributed by atoms with van der Waals surface area (Å²) in [5.41, 5.74) is 1.92. The zero-order chi connectivity index (χ0) is 15.4. The van der Waals surface area contributed by atoms with Gasteiger partial charge in [0.05, 0.1) is 19.4 Å². The van der Waals surface area contributed by atoms with Crippen LogP contribution in [-0.4, -0.2) is 42.1 Å². The maximum Gasteiger partial charge on any atom is 0.308 e. The summed E-state index contributed by atoms with van der Waals surface area (Å²) in [7, 11) is 1.58. The van der Waals surface area contributed by atoms with E-state index < -0.39 is 11.9 Å². The summed E-state index contributed by atoms with van der Waals surface area (Å²) in [4.78, 5) is 25.1. The summed E-state index contributed by atoms with van der Waals surface area (Å²) in [6, 6.07) is 5.73. The fourth-order valence-corrected chi connectivity index (χ4v) is 2.73. The van der Waals surface area contributed by atoms with Gasteiger partial charge in [0.15, 0.2) is 0 Å². The number of aryl methyl sites for hydroxylation is 1. The third kappa shape index (κ3) is 3.74. The van der Waals surface area contributed by atoms with Gasteiger partial charge in [-0.2, -0.15) is 0 Å². The van der Waals surface area contributed by atoms with Crippen LogP contribution in [0.5, 0.6) is 5.75 Å². The Kier molecular flexibility index (Phi) is 4.83. The molecule has 1 fully saturated rings. The minimum atomic E-state index is -0.819. The molecular weight excluding hydrogens is 270 g/mol. The second kappa shape index (κ2) is 6.61. The van der Waals surface area contributed by atoms with Crippen molar-refractivity contribution >= 4 is 11.9 Å². The molecule has 21 heavy (non-hydrogen) atoms. The lowest BCUT2D eigenvalue weighted by Gasteiger charge is -2.31. The van der Waals surface area contributed by atoms with Gasteiger partial charge in [-0.05, 0) is 25.8 Å². The van der Waals surface area contributed by atoms with Crippen molar-refractivity contribution in [3.05, 3.63) is 29.3 Å². The van der Waals surface area contributed by atoms with E-state index >= 15 is 0 Å². The third-order valence-electron chi connectivity index (χ3n) is 3.90. The molecule has 0 aliphatic carbocycles. The number of carbonyl (C=O) groups is 2. The van der Waals surface area contributed by atoms with Crippen LogP contribution >= 0.6 is 0 Å². The van der Waals surface area contributed by atoms with Crippen molar-refractivity contribution in [3.8, 4) is 5.75 Å². The Labute approximate surface area is 124 Å². The maximum absolute atomic E-state index is 12.4. The molecule has 0 saturated carbocycles. The van der Waals surface area contributed by atoms with Crippen LogP contribution in [0.25, 0.3) is 0 Å².